The molecule has 3 heterocycles. The standard InChI is InChI=1S/C20H22N4O3.C4H8O/c1-11-9-15(13(3)22-16-8-6-5-7-14(16)20(26)27)18-23-17(21-4)12(2)19(25)24(18)10-11;1-2-4-5-3-1/h5-10,13,21-22H,1-4H3,(H,26,27);1-4H2. The monoisotopic (exact) mass is 438 g/mol. The summed E-state index contributed by atoms with van der Waals surface area (Å²) in [5, 5.41) is 15.6. The van der Waals surface area contributed by atoms with Crippen LogP contribution in [-0.2, 0) is 4.74 Å². The van der Waals surface area contributed by atoms with Gasteiger partial charge >= 0.3 is 5.97 Å². The fraction of sp³-hybridized carbons (Fsp3) is 0.375. The maximum Gasteiger partial charge on any atom is 0.337 e. The minimum absolute atomic E-state index is 0.132. The van der Waals surface area contributed by atoms with Crippen LogP contribution in [0.5, 0.6) is 0 Å². The van der Waals surface area contributed by atoms with Crippen molar-refractivity contribution in [2.45, 2.75) is 39.7 Å². The quantitative estimate of drug-likeness (QED) is 0.552. The molecular weight excluding hydrogens is 408 g/mol. The summed E-state index contributed by atoms with van der Waals surface area (Å²) in [5.41, 5.74) is 3.38. The zero-order valence-corrected chi connectivity index (χ0v) is 18.9. The number of rotatable bonds is 5. The van der Waals surface area contributed by atoms with Crippen LogP contribution in [0.3, 0.4) is 0 Å². The molecule has 1 aliphatic heterocycles. The number of carbonyl (C=O) groups is 1. The van der Waals surface area contributed by atoms with Crippen LogP contribution in [0.2, 0.25) is 0 Å². The number of anilines is 2. The zero-order chi connectivity index (χ0) is 23.3. The molecule has 0 aliphatic carbocycles. The van der Waals surface area contributed by atoms with Crippen LogP contribution in [0.15, 0.2) is 41.3 Å². The average molecular weight is 439 g/mol. The number of nitrogens with one attached hydrogen (secondary N) is 2. The van der Waals surface area contributed by atoms with E-state index in [1.165, 1.54) is 12.8 Å². The number of para-hydroxylation sites is 1. The molecule has 4 rings (SSSR count). The van der Waals surface area contributed by atoms with E-state index in [0.29, 0.717) is 22.7 Å². The molecule has 2 aromatic heterocycles. The van der Waals surface area contributed by atoms with Crippen LogP contribution in [0.1, 0.15) is 52.9 Å². The highest BCUT2D eigenvalue weighted by atomic mass is 16.5. The summed E-state index contributed by atoms with van der Waals surface area (Å²) in [6, 6.07) is 8.43. The van der Waals surface area contributed by atoms with E-state index in [1.54, 1.807) is 48.8 Å². The molecule has 170 valence electrons. The number of benzene rings is 1. The Kier molecular flexibility index (Phi) is 7.48. The fourth-order valence-electron chi connectivity index (χ4n) is 3.67. The Morgan fingerprint density at radius 1 is 1.22 bits per heavy atom. The molecule has 3 aromatic rings. The Morgan fingerprint density at radius 2 is 1.91 bits per heavy atom. The SMILES string of the molecule is C1CCOC1.CNc1nc2c(C(C)Nc3ccccc3C(=O)O)cc(C)cn2c(=O)c1C. The van der Waals surface area contributed by atoms with E-state index >= 15 is 0 Å². The van der Waals surface area contributed by atoms with Crippen molar-refractivity contribution in [1.29, 1.82) is 0 Å². The van der Waals surface area contributed by atoms with E-state index in [2.05, 4.69) is 15.6 Å². The maximum atomic E-state index is 12.7. The number of aromatic carboxylic acids is 1. The van der Waals surface area contributed by atoms with E-state index in [9.17, 15) is 14.7 Å². The van der Waals surface area contributed by atoms with Crippen LogP contribution in [0.4, 0.5) is 11.5 Å². The first-order valence-corrected chi connectivity index (χ1v) is 10.7. The fourth-order valence-corrected chi connectivity index (χ4v) is 3.67. The molecule has 8 heteroatoms. The molecule has 3 N–H and O–H groups in total. The van der Waals surface area contributed by atoms with E-state index in [-0.39, 0.29) is 17.2 Å². The number of fused-ring (bicyclic) bond motifs is 1. The highest BCUT2D eigenvalue weighted by molar-refractivity contribution is 5.94. The van der Waals surface area contributed by atoms with Gasteiger partial charge in [0.05, 0.1) is 17.2 Å². The number of carboxylic acids is 1. The molecule has 1 unspecified atom stereocenters. The van der Waals surface area contributed by atoms with E-state index in [4.69, 9.17) is 4.74 Å². The predicted molar refractivity (Wildman–Crippen MR) is 126 cm³/mol. The molecule has 32 heavy (non-hydrogen) atoms. The highest BCUT2D eigenvalue weighted by Crippen LogP contribution is 2.26. The summed E-state index contributed by atoms with van der Waals surface area (Å²) in [6.45, 7) is 7.56. The van der Waals surface area contributed by atoms with Gasteiger partial charge in [-0.3, -0.25) is 9.20 Å². The number of carboxylic acid groups (broad SMARTS) is 1. The van der Waals surface area contributed by atoms with Gasteiger partial charge in [0.25, 0.3) is 5.56 Å². The van der Waals surface area contributed by atoms with Crippen LogP contribution < -0.4 is 16.2 Å². The largest absolute Gasteiger partial charge is 0.478 e. The third-order valence-corrected chi connectivity index (χ3v) is 5.37. The normalized spacial score (nSPS) is 13.9. The lowest BCUT2D eigenvalue weighted by Crippen LogP contribution is -2.22. The topological polar surface area (TPSA) is 105 Å². The van der Waals surface area contributed by atoms with Gasteiger partial charge in [-0.15, -0.1) is 0 Å². The van der Waals surface area contributed by atoms with Crippen molar-refractivity contribution in [2.75, 3.05) is 30.9 Å². The van der Waals surface area contributed by atoms with Gasteiger partial charge in [-0.1, -0.05) is 12.1 Å². The third-order valence-electron chi connectivity index (χ3n) is 5.37. The van der Waals surface area contributed by atoms with Crippen molar-refractivity contribution < 1.29 is 14.6 Å². The Bertz CT molecular complexity index is 1160. The predicted octanol–water partition coefficient (Wildman–Crippen LogP) is 4.02. The van der Waals surface area contributed by atoms with Crippen molar-refractivity contribution in [3.8, 4) is 0 Å². The van der Waals surface area contributed by atoms with Gasteiger partial charge in [-0.2, -0.15) is 0 Å². The Balaban J connectivity index is 0.000000509. The summed E-state index contributed by atoms with van der Waals surface area (Å²) in [6.07, 6.45) is 4.32. The minimum atomic E-state index is -0.998. The van der Waals surface area contributed by atoms with Gasteiger partial charge in [0.15, 0.2) is 0 Å². The minimum Gasteiger partial charge on any atom is -0.478 e. The number of aromatic nitrogens is 2. The molecule has 8 nitrogen and oxygen atoms in total. The number of pyridine rings is 1. The number of aryl methyl sites for hydroxylation is 1. The second-order valence-corrected chi connectivity index (χ2v) is 7.84. The van der Waals surface area contributed by atoms with Gasteiger partial charge in [-0.05, 0) is 57.4 Å². The Morgan fingerprint density at radius 3 is 2.50 bits per heavy atom. The lowest BCUT2D eigenvalue weighted by molar-refractivity contribution is 0.0698. The van der Waals surface area contributed by atoms with Gasteiger partial charge in [-0.25, -0.2) is 9.78 Å². The van der Waals surface area contributed by atoms with E-state index in [0.717, 1.165) is 24.3 Å². The third kappa shape index (κ3) is 5.08. The van der Waals surface area contributed by atoms with Crippen molar-refractivity contribution in [1.82, 2.24) is 9.38 Å². The zero-order valence-electron chi connectivity index (χ0n) is 18.9. The van der Waals surface area contributed by atoms with Gasteiger partial charge in [0.1, 0.15) is 11.5 Å². The van der Waals surface area contributed by atoms with Crippen molar-refractivity contribution >= 4 is 23.1 Å². The molecule has 0 amide bonds. The first-order chi connectivity index (χ1) is 15.3. The Labute approximate surface area is 187 Å². The molecule has 1 saturated heterocycles. The smallest absolute Gasteiger partial charge is 0.337 e. The molecule has 0 saturated carbocycles. The molecule has 1 aromatic carbocycles. The molecule has 0 spiro atoms. The average Bonchev–Trinajstić information content (AvgIpc) is 3.36. The van der Waals surface area contributed by atoms with Crippen molar-refractivity contribution in [3.05, 3.63) is 69.1 Å². The molecule has 0 radical (unpaired) electrons. The number of hydrogen-bond acceptors (Lipinski definition) is 6. The molecule has 1 atom stereocenters. The van der Waals surface area contributed by atoms with E-state index in [1.807, 2.05) is 19.9 Å². The second kappa shape index (κ2) is 10.3. The summed E-state index contributed by atoms with van der Waals surface area (Å²) in [5.74, 6) is -0.468. The number of nitrogens with zero attached hydrogens (tertiary/aromatic N) is 2. The molecule has 1 aliphatic rings. The van der Waals surface area contributed by atoms with Gasteiger partial charge < -0.3 is 20.5 Å². The van der Waals surface area contributed by atoms with Crippen molar-refractivity contribution in [3.63, 3.8) is 0 Å². The maximum absolute atomic E-state index is 12.7. The van der Waals surface area contributed by atoms with E-state index < -0.39 is 5.97 Å². The van der Waals surface area contributed by atoms with Crippen LogP contribution in [0, 0.1) is 13.8 Å². The van der Waals surface area contributed by atoms with Crippen molar-refractivity contribution in [2.24, 2.45) is 0 Å². The van der Waals surface area contributed by atoms with Gasteiger partial charge in [0.2, 0.25) is 0 Å². The summed E-state index contributed by atoms with van der Waals surface area (Å²) >= 11 is 0. The van der Waals surface area contributed by atoms with Crippen LogP contribution in [0.25, 0.3) is 5.65 Å². The molecule has 0 bridgehead atoms. The molecule has 1 fully saturated rings. The summed E-state index contributed by atoms with van der Waals surface area (Å²) in [7, 11) is 1.73. The number of hydrogen-bond donors (Lipinski definition) is 3. The number of ether oxygens (including phenoxy) is 1. The summed E-state index contributed by atoms with van der Waals surface area (Å²) < 4.78 is 6.49. The highest BCUT2D eigenvalue weighted by Gasteiger charge is 2.18. The Hall–Kier alpha value is -3.39. The van der Waals surface area contributed by atoms with Crippen LogP contribution >= 0.6 is 0 Å². The van der Waals surface area contributed by atoms with Gasteiger partial charge in [0, 0.05) is 37.7 Å². The molecular formula is C24H30N4O4. The van der Waals surface area contributed by atoms with Crippen LogP contribution in [-0.4, -0.2) is 40.7 Å². The summed E-state index contributed by atoms with van der Waals surface area (Å²) in [4.78, 5) is 28.8. The first-order valence-electron chi connectivity index (χ1n) is 10.7. The lowest BCUT2D eigenvalue weighted by atomic mass is 10.1. The lowest BCUT2D eigenvalue weighted by Gasteiger charge is -2.20. The first kappa shape index (κ1) is 23.3. The second-order valence-electron chi connectivity index (χ2n) is 7.84.